The highest BCUT2D eigenvalue weighted by molar-refractivity contribution is 5.93. The van der Waals surface area contributed by atoms with E-state index in [0.717, 1.165) is 46.6 Å². The van der Waals surface area contributed by atoms with Crippen molar-refractivity contribution in [2.24, 2.45) is 0 Å². The van der Waals surface area contributed by atoms with Gasteiger partial charge in [0.05, 0.1) is 30.5 Å². The summed E-state index contributed by atoms with van der Waals surface area (Å²) in [6, 6.07) is 16.0. The first kappa shape index (κ1) is 18.5. The smallest absolute Gasteiger partial charge is 0.122 e. The first-order valence-electron chi connectivity index (χ1n) is 8.43. The zero-order chi connectivity index (χ0) is 17.2. The minimum absolute atomic E-state index is 0. The fourth-order valence-corrected chi connectivity index (χ4v) is 3.11. The van der Waals surface area contributed by atoms with Gasteiger partial charge in [0.15, 0.2) is 0 Å². The van der Waals surface area contributed by atoms with Crippen molar-refractivity contribution in [1.82, 2.24) is 4.98 Å². The third-order valence-corrected chi connectivity index (χ3v) is 4.44. The molecule has 6 heteroatoms. The molecule has 4 rings (SSSR count). The molecule has 0 amide bonds. The predicted octanol–water partition coefficient (Wildman–Crippen LogP) is 3.02. The number of hydrogen-bond donors (Lipinski definition) is 3. The Kier molecular flexibility index (Phi) is 5.61. The lowest BCUT2D eigenvalue weighted by Gasteiger charge is -2.14. The van der Waals surface area contributed by atoms with Crippen LogP contribution in [0.3, 0.4) is 0 Å². The van der Waals surface area contributed by atoms with Gasteiger partial charge in [0.1, 0.15) is 5.75 Å². The summed E-state index contributed by atoms with van der Waals surface area (Å²) in [5.41, 5.74) is 4.90. The largest absolute Gasteiger partial charge is 0.493 e. The molecule has 1 atom stereocenters. The first-order valence-corrected chi connectivity index (χ1v) is 8.43. The van der Waals surface area contributed by atoms with Crippen LogP contribution in [0.1, 0.15) is 5.56 Å². The van der Waals surface area contributed by atoms with Crippen molar-refractivity contribution in [2.75, 3.05) is 25.1 Å². The lowest BCUT2D eigenvalue weighted by molar-refractivity contribution is 0.105. The van der Waals surface area contributed by atoms with E-state index in [1.807, 2.05) is 42.5 Å². The average Bonchev–Trinajstić information content (AvgIpc) is 3.13. The number of aliphatic hydroxyl groups is 2. The number of fused-ring (bicyclic) bond motifs is 2. The van der Waals surface area contributed by atoms with Gasteiger partial charge in [0, 0.05) is 29.6 Å². The van der Waals surface area contributed by atoms with E-state index in [2.05, 4.69) is 11.4 Å². The molecule has 1 aliphatic rings. The van der Waals surface area contributed by atoms with Crippen LogP contribution in [0, 0.1) is 0 Å². The fraction of sp³-hybridized carbons (Fsp3) is 0.250. The number of benzene rings is 2. The minimum Gasteiger partial charge on any atom is -0.493 e. The molecule has 0 saturated heterocycles. The molecule has 3 N–H and O–H groups in total. The van der Waals surface area contributed by atoms with Crippen LogP contribution in [-0.4, -0.2) is 41.1 Å². The monoisotopic (exact) mass is 372 g/mol. The molecule has 136 valence electrons. The quantitative estimate of drug-likeness (QED) is 0.642. The van der Waals surface area contributed by atoms with Gasteiger partial charge in [-0.15, -0.1) is 12.4 Å². The normalized spacial score (nSPS) is 13.6. The molecule has 0 spiro atoms. The van der Waals surface area contributed by atoms with Crippen molar-refractivity contribution in [3.05, 3.63) is 54.1 Å². The molecule has 1 aliphatic heterocycles. The number of aliphatic hydroxyl groups excluding tert-OH is 2. The highest BCUT2D eigenvalue weighted by Crippen LogP contribution is 2.32. The van der Waals surface area contributed by atoms with Gasteiger partial charge in [-0.2, -0.15) is 0 Å². The van der Waals surface area contributed by atoms with Crippen LogP contribution in [-0.2, 0) is 6.42 Å². The van der Waals surface area contributed by atoms with Crippen LogP contribution in [0.25, 0.3) is 22.2 Å². The van der Waals surface area contributed by atoms with Gasteiger partial charge < -0.3 is 20.3 Å². The summed E-state index contributed by atoms with van der Waals surface area (Å²) in [7, 11) is 0. The summed E-state index contributed by atoms with van der Waals surface area (Å²) in [4.78, 5) is 4.79. The van der Waals surface area contributed by atoms with Crippen LogP contribution in [0.4, 0.5) is 5.69 Å². The number of pyridine rings is 1. The van der Waals surface area contributed by atoms with Crippen molar-refractivity contribution in [1.29, 1.82) is 0 Å². The Morgan fingerprint density at radius 3 is 2.85 bits per heavy atom. The average molecular weight is 373 g/mol. The van der Waals surface area contributed by atoms with Gasteiger partial charge in [0.2, 0.25) is 0 Å². The number of ether oxygens (including phenoxy) is 1. The number of rotatable bonds is 5. The molecule has 0 fully saturated rings. The molecule has 5 nitrogen and oxygen atoms in total. The number of hydrogen-bond acceptors (Lipinski definition) is 5. The molecule has 0 aliphatic carbocycles. The SMILES string of the molecule is Cl.OC[C@@H](O)CNc1cc(-c2ccc3c(c2)CCO3)nc2ccccc12. The lowest BCUT2D eigenvalue weighted by atomic mass is 10.0. The number of aromatic nitrogens is 1. The summed E-state index contributed by atoms with van der Waals surface area (Å²) >= 11 is 0. The van der Waals surface area contributed by atoms with Gasteiger partial charge >= 0.3 is 0 Å². The maximum Gasteiger partial charge on any atom is 0.122 e. The Balaban J connectivity index is 0.00000196. The van der Waals surface area contributed by atoms with Crippen molar-refractivity contribution in [3.8, 4) is 17.0 Å². The molecule has 2 heterocycles. The van der Waals surface area contributed by atoms with E-state index in [-0.39, 0.29) is 25.6 Å². The molecule has 3 aromatic rings. The van der Waals surface area contributed by atoms with E-state index in [1.165, 1.54) is 5.56 Å². The highest BCUT2D eigenvalue weighted by atomic mass is 35.5. The van der Waals surface area contributed by atoms with Crippen molar-refractivity contribution in [2.45, 2.75) is 12.5 Å². The van der Waals surface area contributed by atoms with Crippen LogP contribution < -0.4 is 10.1 Å². The summed E-state index contributed by atoms with van der Waals surface area (Å²) < 4.78 is 5.58. The van der Waals surface area contributed by atoms with Gasteiger partial charge in [0.25, 0.3) is 0 Å². The third kappa shape index (κ3) is 3.60. The van der Waals surface area contributed by atoms with Crippen LogP contribution in [0.15, 0.2) is 48.5 Å². The third-order valence-electron chi connectivity index (χ3n) is 4.44. The van der Waals surface area contributed by atoms with Crippen LogP contribution in [0.5, 0.6) is 5.75 Å². The van der Waals surface area contributed by atoms with Crippen LogP contribution >= 0.6 is 12.4 Å². The molecule has 26 heavy (non-hydrogen) atoms. The molecular weight excluding hydrogens is 352 g/mol. The maximum absolute atomic E-state index is 9.64. The van der Waals surface area contributed by atoms with Gasteiger partial charge in [-0.3, -0.25) is 0 Å². The lowest BCUT2D eigenvalue weighted by Crippen LogP contribution is -2.23. The van der Waals surface area contributed by atoms with Crippen molar-refractivity contribution >= 4 is 29.0 Å². The summed E-state index contributed by atoms with van der Waals surface area (Å²) in [5.74, 6) is 0.953. The van der Waals surface area contributed by atoms with E-state index in [4.69, 9.17) is 14.8 Å². The van der Waals surface area contributed by atoms with E-state index < -0.39 is 6.10 Å². The topological polar surface area (TPSA) is 74.6 Å². The Morgan fingerprint density at radius 1 is 1.15 bits per heavy atom. The Labute approximate surface area is 158 Å². The van der Waals surface area contributed by atoms with E-state index >= 15 is 0 Å². The Bertz CT molecular complexity index is 917. The van der Waals surface area contributed by atoms with E-state index in [9.17, 15) is 5.11 Å². The second-order valence-corrected chi connectivity index (χ2v) is 6.21. The standard InChI is InChI=1S/C20H20N2O3.ClH/c23-12-15(24)11-21-19-10-18(22-17-4-2-1-3-16(17)19)13-5-6-20-14(9-13)7-8-25-20;/h1-6,9-10,15,23-24H,7-8,11-12H2,(H,21,22);1H/t15-;/m0./s1. The molecule has 2 aromatic carbocycles. The Morgan fingerprint density at radius 2 is 2.00 bits per heavy atom. The Hall–Kier alpha value is -2.34. The van der Waals surface area contributed by atoms with Gasteiger partial charge in [-0.05, 0) is 35.9 Å². The summed E-state index contributed by atoms with van der Waals surface area (Å²) in [6.07, 6.45) is 0.123. The molecule has 0 bridgehead atoms. The number of nitrogens with one attached hydrogen (secondary N) is 1. The zero-order valence-corrected chi connectivity index (χ0v) is 15.0. The highest BCUT2D eigenvalue weighted by Gasteiger charge is 2.14. The maximum atomic E-state index is 9.64. The zero-order valence-electron chi connectivity index (χ0n) is 14.2. The minimum atomic E-state index is -0.799. The van der Waals surface area contributed by atoms with Crippen LogP contribution in [0.2, 0.25) is 0 Å². The first-order chi connectivity index (χ1) is 12.2. The number of nitrogens with zero attached hydrogens (tertiary/aromatic N) is 1. The molecular formula is C20H21ClN2O3. The van der Waals surface area contributed by atoms with E-state index in [1.54, 1.807) is 0 Å². The fourth-order valence-electron chi connectivity index (χ4n) is 3.11. The second kappa shape index (κ2) is 7.91. The molecule has 0 saturated carbocycles. The van der Waals surface area contributed by atoms with Crippen molar-refractivity contribution in [3.63, 3.8) is 0 Å². The summed E-state index contributed by atoms with van der Waals surface area (Å²) in [6.45, 7) is 0.742. The predicted molar refractivity (Wildman–Crippen MR) is 105 cm³/mol. The van der Waals surface area contributed by atoms with Crippen molar-refractivity contribution < 1.29 is 14.9 Å². The number of anilines is 1. The molecule has 1 aromatic heterocycles. The second-order valence-electron chi connectivity index (χ2n) is 6.21. The molecule has 0 unspecified atom stereocenters. The molecule has 0 radical (unpaired) electrons. The number of para-hydroxylation sites is 1. The number of halogens is 1. The van der Waals surface area contributed by atoms with Gasteiger partial charge in [-0.1, -0.05) is 18.2 Å². The summed E-state index contributed by atoms with van der Waals surface area (Å²) in [5, 5.41) is 22.9. The van der Waals surface area contributed by atoms with Gasteiger partial charge in [-0.25, -0.2) is 4.98 Å². The van der Waals surface area contributed by atoms with E-state index in [0.29, 0.717) is 0 Å².